The van der Waals surface area contributed by atoms with Crippen LogP contribution in [0, 0.1) is 12.5 Å². The number of nitrogens with zero attached hydrogens (tertiary/aromatic N) is 1. The molecule has 0 N–H and O–H groups in total. The molecule has 1 aromatic heterocycles. The maximum absolute atomic E-state index is 4.00. The van der Waals surface area contributed by atoms with E-state index in [0.717, 1.165) is 0 Å². The van der Waals surface area contributed by atoms with Crippen molar-refractivity contribution in [3.8, 4) is 0 Å². The van der Waals surface area contributed by atoms with Crippen LogP contribution in [-0.4, -0.2) is 4.98 Å². The molecule has 0 saturated carbocycles. The number of pyridine rings is 1. The van der Waals surface area contributed by atoms with Crippen molar-refractivity contribution in [3.05, 3.63) is 36.5 Å². The van der Waals surface area contributed by atoms with Crippen molar-refractivity contribution in [3.63, 3.8) is 0 Å². The van der Waals surface area contributed by atoms with E-state index in [1.54, 1.807) is 6.20 Å². The van der Waals surface area contributed by atoms with Crippen molar-refractivity contribution >= 4 is 0 Å². The average Bonchev–Trinajstić information content (AvgIpc) is 2.06. The Hall–Kier alpha value is -0.162. The fraction of sp³-hybridized carbons (Fsp3) is 0.500. The second kappa shape index (κ2) is 8.17. The van der Waals surface area contributed by atoms with E-state index in [1.165, 1.54) is 5.56 Å². The molecule has 0 aliphatic carbocycles. The fourth-order valence-electron chi connectivity index (χ4n) is 0.735. The van der Waals surface area contributed by atoms with Gasteiger partial charge in [0.25, 0.3) is 0 Å². The Morgan fingerprint density at radius 2 is 1.79 bits per heavy atom. The smallest absolute Gasteiger partial charge is 0.335 e. The molecule has 2 heteroatoms. The van der Waals surface area contributed by atoms with Crippen molar-refractivity contribution in [1.82, 2.24) is 4.98 Å². The van der Waals surface area contributed by atoms with Gasteiger partial charge in [-0.05, 0) is 0 Å². The Balaban J connectivity index is 0. The van der Waals surface area contributed by atoms with Crippen LogP contribution >= 0.6 is 0 Å². The summed E-state index contributed by atoms with van der Waals surface area (Å²) in [7, 11) is 0. The summed E-state index contributed by atoms with van der Waals surface area (Å²) in [5, 5.41) is 0. The Labute approximate surface area is 103 Å². The summed E-state index contributed by atoms with van der Waals surface area (Å²) < 4.78 is 0. The van der Waals surface area contributed by atoms with Crippen molar-refractivity contribution in [2.24, 2.45) is 0 Å². The largest absolute Gasteiger partial charge is 2.00 e. The standard InChI is InChI=1S/C9H12N.C3H7.W/c1-9(2,3)8-5-4-6-10-7-8;1-3-2;/h5-7H,1-3H3;3H,1-2H3;/q2*-1;+2. The zero-order valence-corrected chi connectivity index (χ0v) is 12.6. The minimum atomic E-state index is 0. The number of hydrogen-bond acceptors (Lipinski definition) is 1. The van der Waals surface area contributed by atoms with E-state index in [4.69, 9.17) is 0 Å². The molecule has 0 unspecified atom stereocenters. The van der Waals surface area contributed by atoms with Crippen LogP contribution in [0.4, 0.5) is 0 Å². The topological polar surface area (TPSA) is 12.9 Å². The molecular formula is C12H19NW. The maximum atomic E-state index is 4.00. The minimum Gasteiger partial charge on any atom is -0.335 e. The quantitative estimate of drug-likeness (QED) is 0.646. The molecule has 1 heterocycles. The number of aromatic nitrogens is 1. The molecule has 1 rings (SSSR count). The van der Waals surface area contributed by atoms with Gasteiger partial charge in [-0.15, -0.1) is 0 Å². The summed E-state index contributed by atoms with van der Waals surface area (Å²) in [4.78, 5) is 4.00. The molecule has 1 nitrogen and oxygen atoms in total. The summed E-state index contributed by atoms with van der Waals surface area (Å²) in [5.74, 6) is 0. The molecule has 78 valence electrons. The van der Waals surface area contributed by atoms with Gasteiger partial charge < -0.3 is 11.4 Å². The third-order valence-corrected chi connectivity index (χ3v) is 1.47. The van der Waals surface area contributed by atoms with Gasteiger partial charge in [0.2, 0.25) is 0 Å². The van der Waals surface area contributed by atoms with Crippen molar-refractivity contribution < 1.29 is 21.1 Å². The van der Waals surface area contributed by atoms with E-state index in [-0.39, 0.29) is 26.5 Å². The molecule has 0 aromatic carbocycles. The summed E-state index contributed by atoms with van der Waals surface area (Å²) >= 11 is 0. The van der Waals surface area contributed by atoms with Gasteiger partial charge in [0.05, 0.1) is 0 Å². The van der Waals surface area contributed by atoms with E-state index in [0.29, 0.717) is 0 Å². The van der Waals surface area contributed by atoms with Crippen LogP contribution in [0.25, 0.3) is 0 Å². The summed E-state index contributed by atoms with van der Waals surface area (Å²) in [6.07, 6.45) is 5.56. The molecule has 0 aliphatic rings. The molecule has 0 amide bonds. The molecule has 0 radical (unpaired) electrons. The average molecular weight is 361 g/mol. The van der Waals surface area contributed by atoms with Gasteiger partial charge >= 0.3 is 21.1 Å². The van der Waals surface area contributed by atoms with Crippen molar-refractivity contribution in [1.29, 1.82) is 0 Å². The normalized spacial score (nSPS) is 9.50. The van der Waals surface area contributed by atoms with Crippen LogP contribution in [0.15, 0.2) is 18.5 Å². The Kier molecular flexibility index (Phi) is 9.50. The maximum Gasteiger partial charge on any atom is 2.00 e. The molecule has 0 atom stereocenters. The van der Waals surface area contributed by atoms with E-state index in [9.17, 15) is 0 Å². The zero-order valence-electron chi connectivity index (χ0n) is 9.66. The van der Waals surface area contributed by atoms with Crippen LogP contribution in [-0.2, 0) is 26.5 Å². The van der Waals surface area contributed by atoms with Gasteiger partial charge in [0.1, 0.15) is 0 Å². The van der Waals surface area contributed by atoms with Gasteiger partial charge in [0.15, 0.2) is 0 Å². The Bertz CT molecular complexity index is 214. The molecule has 0 spiro atoms. The van der Waals surface area contributed by atoms with Crippen molar-refractivity contribution in [2.45, 2.75) is 40.0 Å². The van der Waals surface area contributed by atoms with E-state index in [1.807, 2.05) is 32.5 Å². The van der Waals surface area contributed by atoms with Crippen LogP contribution < -0.4 is 0 Å². The first-order valence-electron chi connectivity index (χ1n) is 4.58. The van der Waals surface area contributed by atoms with Crippen LogP contribution in [0.1, 0.15) is 40.2 Å². The zero-order chi connectivity index (χ0) is 10.3. The molecule has 0 bridgehead atoms. The van der Waals surface area contributed by atoms with Gasteiger partial charge in [-0.3, -0.25) is 0 Å². The molecular weight excluding hydrogens is 342 g/mol. The predicted molar refractivity (Wildman–Crippen MR) is 57.4 cm³/mol. The monoisotopic (exact) mass is 361 g/mol. The Morgan fingerprint density at radius 3 is 2.00 bits per heavy atom. The summed E-state index contributed by atoms with van der Waals surface area (Å²) in [5.41, 5.74) is 1.43. The van der Waals surface area contributed by atoms with Gasteiger partial charge in [0, 0.05) is 0 Å². The summed E-state index contributed by atoms with van der Waals surface area (Å²) in [6.45, 7) is 10.5. The van der Waals surface area contributed by atoms with E-state index < -0.39 is 0 Å². The first kappa shape index (κ1) is 16.3. The fourth-order valence-corrected chi connectivity index (χ4v) is 0.735. The van der Waals surface area contributed by atoms with Crippen molar-refractivity contribution in [2.75, 3.05) is 0 Å². The van der Waals surface area contributed by atoms with Gasteiger partial charge in [-0.2, -0.15) is 19.4 Å². The minimum absolute atomic E-state index is 0. The second-order valence-corrected chi connectivity index (χ2v) is 4.00. The Morgan fingerprint density at radius 1 is 1.29 bits per heavy atom. The van der Waals surface area contributed by atoms with Gasteiger partial charge in [-0.25, -0.2) is 12.1 Å². The molecule has 14 heavy (non-hydrogen) atoms. The molecule has 0 fully saturated rings. The molecule has 0 aliphatic heterocycles. The van der Waals surface area contributed by atoms with Gasteiger partial charge in [-0.1, -0.05) is 38.6 Å². The number of rotatable bonds is 0. The third-order valence-electron chi connectivity index (χ3n) is 1.47. The third kappa shape index (κ3) is 7.26. The number of hydrogen-bond donors (Lipinski definition) is 0. The SMILES string of the molecule is CC(C)(C)c1c[c-]cnc1.C[CH-]C.[W+2]. The van der Waals surface area contributed by atoms with Crippen LogP contribution in [0.2, 0.25) is 0 Å². The van der Waals surface area contributed by atoms with E-state index in [2.05, 4.69) is 31.8 Å². The predicted octanol–water partition coefficient (Wildman–Crippen LogP) is 3.41. The first-order valence-corrected chi connectivity index (χ1v) is 4.58. The molecule has 0 saturated heterocycles. The first-order chi connectivity index (χ1) is 6.02. The molecule has 1 aromatic rings. The van der Waals surface area contributed by atoms with Crippen LogP contribution in [0.5, 0.6) is 0 Å². The van der Waals surface area contributed by atoms with E-state index >= 15 is 0 Å². The summed E-state index contributed by atoms with van der Waals surface area (Å²) in [6, 6.07) is 4.94. The van der Waals surface area contributed by atoms with Crippen LogP contribution in [0.3, 0.4) is 0 Å². The second-order valence-electron chi connectivity index (χ2n) is 4.00.